The highest BCUT2D eigenvalue weighted by Gasteiger charge is 2.02. The van der Waals surface area contributed by atoms with Gasteiger partial charge in [0.05, 0.1) is 25.0 Å². The normalized spacial score (nSPS) is 10.8. The summed E-state index contributed by atoms with van der Waals surface area (Å²) in [5, 5.41) is 7.41. The predicted octanol–water partition coefficient (Wildman–Crippen LogP) is 1.87. The molecule has 2 N–H and O–H groups in total. The van der Waals surface area contributed by atoms with Crippen LogP contribution in [-0.2, 0) is 11.3 Å². The number of imidazole rings is 1. The molecular formula is C11H15N3OS. The molecule has 0 aliphatic heterocycles. The van der Waals surface area contributed by atoms with E-state index >= 15 is 0 Å². The molecule has 0 atom stereocenters. The third-order valence-corrected chi connectivity index (χ3v) is 2.92. The van der Waals surface area contributed by atoms with Crippen LogP contribution in [-0.4, -0.2) is 30.2 Å². The van der Waals surface area contributed by atoms with Crippen molar-refractivity contribution in [2.45, 2.75) is 6.54 Å². The van der Waals surface area contributed by atoms with Crippen molar-refractivity contribution in [1.82, 2.24) is 15.3 Å². The van der Waals surface area contributed by atoms with E-state index in [0.717, 1.165) is 31.2 Å². The molecule has 0 saturated heterocycles. The average Bonchev–Trinajstić information content (AvgIpc) is 2.94. The fourth-order valence-electron chi connectivity index (χ4n) is 1.40. The van der Waals surface area contributed by atoms with Crippen molar-refractivity contribution >= 4 is 11.3 Å². The highest BCUT2D eigenvalue weighted by molar-refractivity contribution is 7.08. The van der Waals surface area contributed by atoms with E-state index in [1.54, 1.807) is 18.4 Å². The van der Waals surface area contributed by atoms with E-state index in [4.69, 9.17) is 4.74 Å². The fourth-order valence-corrected chi connectivity index (χ4v) is 2.05. The molecule has 4 nitrogen and oxygen atoms in total. The summed E-state index contributed by atoms with van der Waals surface area (Å²) in [6.45, 7) is 2.30. The van der Waals surface area contributed by atoms with Crippen LogP contribution in [0.3, 0.4) is 0 Å². The number of rotatable bonds is 6. The molecule has 0 bridgehead atoms. The van der Waals surface area contributed by atoms with Gasteiger partial charge in [-0.3, -0.25) is 0 Å². The third kappa shape index (κ3) is 2.91. The molecule has 0 aromatic carbocycles. The molecule has 0 aliphatic carbocycles. The number of ether oxygens (including phenoxy) is 1. The zero-order chi connectivity index (χ0) is 11.2. The van der Waals surface area contributed by atoms with E-state index in [1.165, 1.54) is 5.56 Å². The van der Waals surface area contributed by atoms with Gasteiger partial charge in [-0.2, -0.15) is 11.3 Å². The number of thiophene rings is 1. The van der Waals surface area contributed by atoms with Crippen LogP contribution in [0.5, 0.6) is 0 Å². The lowest BCUT2D eigenvalue weighted by Gasteiger charge is -2.00. The van der Waals surface area contributed by atoms with Gasteiger partial charge in [-0.1, -0.05) is 0 Å². The molecule has 16 heavy (non-hydrogen) atoms. The number of hydrogen-bond acceptors (Lipinski definition) is 4. The van der Waals surface area contributed by atoms with Crippen LogP contribution in [0.25, 0.3) is 11.3 Å². The number of methoxy groups -OCH3 is 1. The number of aromatic amines is 1. The number of hydrogen-bond donors (Lipinski definition) is 2. The lowest BCUT2D eigenvalue weighted by atomic mass is 10.3. The summed E-state index contributed by atoms with van der Waals surface area (Å²) in [6.07, 6.45) is 1.87. The minimum atomic E-state index is 0.720. The Labute approximate surface area is 98.7 Å². The smallest absolute Gasteiger partial charge is 0.120 e. The molecule has 86 valence electrons. The first kappa shape index (κ1) is 11.3. The Kier molecular flexibility index (Phi) is 4.10. The summed E-state index contributed by atoms with van der Waals surface area (Å²) in [6, 6.07) is 2.08. The zero-order valence-electron chi connectivity index (χ0n) is 9.19. The van der Waals surface area contributed by atoms with Gasteiger partial charge in [0.1, 0.15) is 5.82 Å². The fraction of sp³-hybridized carbons (Fsp3) is 0.364. The minimum absolute atomic E-state index is 0.720. The maximum Gasteiger partial charge on any atom is 0.120 e. The van der Waals surface area contributed by atoms with Crippen LogP contribution in [0.15, 0.2) is 23.0 Å². The molecule has 0 amide bonds. The lowest BCUT2D eigenvalue weighted by Crippen LogP contribution is -2.19. The SMILES string of the molecule is COCCNCc1ncc(-c2ccsc2)[nH]1. The van der Waals surface area contributed by atoms with Crippen LogP contribution in [0.1, 0.15) is 5.82 Å². The molecule has 0 fully saturated rings. The first-order chi connectivity index (χ1) is 7.90. The van der Waals surface area contributed by atoms with Crippen molar-refractivity contribution in [3.05, 3.63) is 28.8 Å². The first-order valence-electron chi connectivity index (χ1n) is 5.16. The monoisotopic (exact) mass is 237 g/mol. The first-order valence-corrected chi connectivity index (χ1v) is 6.10. The maximum absolute atomic E-state index is 4.95. The van der Waals surface area contributed by atoms with Crippen LogP contribution < -0.4 is 5.32 Å². The minimum Gasteiger partial charge on any atom is -0.383 e. The summed E-state index contributed by atoms with van der Waals surface area (Å²) in [4.78, 5) is 7.60. The van der Waals surface area contributed by atoms with E-state index in [0.29, 0.717) is 0 Å². The van der Waals surface area contributed by atoms with E-state index in [1.807, 2.05) is 6.20 Å². The highest BCUT2D eigenvalue weighted by atomic mass is 32.1. The van der Waals surface area contributed by atoms with Crippen molar-refractivity contribution in [3.63, 3.8) is 0 Å². The van der Waals surface area contributed by atoms with Gasteiger partial charge < -0.3 is 15.0 Å². The van der Waals surface area contributed by atoms with Gasteiger partial charge in [0, 0.05) is 24.6 Å². The van der Waals surface area contributed by atoms with E-state index < -0.39 is 0 Å². The molecule has 0 saturated carbocycles. The van der Waals surface area contributed by atoms with Gasteiger partial charge in [0.15, 0.2) is 0 Å². The van der Waals surface area contributed by atoms with Crippen molar-refractivity contribution in [2.75, 3.05) is 20.3 Å². The summed E-state index contributed by atoms with van der Waals surface area (Å²) in [7, 11) is 1.70. The van der Waals surface area contributed by atoms with Crippen molar-refractivity contribution < 1.29 is 4.74 Å². The second kappa shape index (κ2) is 5.79. The molecule has 0 spiro atoms. The molecule has 0 radical (unpaired) electrons. The van der Waals surface area contributed by atoms with E-state index in [2.05, 4.69) is 32.1 Å². The summed E-state index contributed by atoms with van der Waals surface area (Å²) >= 11 is 1.69. The second-order valence-corrected chi connectivity index (χ2v) is 4.21. The largest absolute Gasteiger partial charge is 0.383 e. The van der Waals surface area contributed by atoms with Crippen molar-refractivity contribution in [2.24, 2.45) is 0 Å². The Balaban J connectivity index is 1.88. The van der Waals surface area contributed by atoms with Crippen LogP contribution >= 0.6 is 11.3 Å². The number of nitrogens with one attached hydrogen (secondary N) is 2. The Hall–Kier alpha value is -1.17. The van der Waals surface area contributed by atoms with E-state index in [9.17, 15) is 0 Å². The summed E-state index contributed by atoms with van der Waals surface area (Å²) in [5.74, 6) is 0.956. The molecular weight excluding hydrogens is 222 g/mol. The topological polar surface area (TPSA) is 49.9 Å². The molecule has 0 aliphatic rings. The van der Waals surface area contributed by atoms with E-state index in [-0.39, 0.29) is 0 Å². The number of aromatic nitrogens is 2. The predicted molar refractivity (Wildman–Crippen MR) is 65.5 cm³/mol. The van der Waals surface area contributed by atoms with Gasteiger partial charge in [-0.25, -0.2) is 4.98 Å². The van der Waals surface area contributed by atoms with Gasteiger partial charge in [0.25, 0.3) is 0 Å². The average molecular weight is 237 g/mol. The number of nitrogens with zero attached hydrogens (tertiary/aromatic N) is 1. The molecule has 5 heteroatoms. The van der Waals surface area contributed by atoms with Gasteiger partial charge >= 0.3 is 0 Å². The van der Waals surface area contributed by atoms with Gasteiger partial charge in [-0.15, -0.1) is 0 Å². The highest BCUT2D eigenvalue weighted by Crippen LogP contribution is 2.19. The Morgan fingerprint density at radius 1 is 1.56 bits per heavy atom. The lowest BCUT2D eigenvalue weighted by molar-refractivity contribution is 0.199. The standard InChI is InChI=1S/C11H15N3OS/c1-15-4-3-12-7-11-13-6-10(14-11)9-2-5-16-8-9/h2,5-6,8,12H,3-4,7H2,1H3,(H,13,14). The molecule has 0 unspecified atom stereocenters. The quantitative estimate of drug-likeness (QED) is 0.754. The molecule has 2 aromatic heterocycles. The van der Waals surface area contributed by atoms with Crippen molar-refractivity contribution in [1.29, 1.82) is 0 Å². The summed E-state index contributed by atoms with van der Waals surface area (Å²) < 4.78 is 4.95. The summed E-state index contributed by atoms with van der Waals surface area (Å²) in [5.41, 5.74) is 2.27. The van der Waals surface area contributed by atoms with Crippen molar-refractivity contribution in [3.8, 4) is 11.3 Å². The number of H-pyrrole nitrogens is 1. The zero-order valence-corrected chi connectivity index (χ0v) is 10.0. The van der Waals surface area contributed by atoms with Crippen LogP contribution in [0.4, 0.5) is 0 Å². The third-order valence-electron chi connectivity index (χ3n) is 2.24. The second-order valence-electron chi connectivity index (χ2n) is 3.43. The molecule has 2 heterocycles. The maximum atomic E-state index is 4.95. The molecule has 2 rings (SSSR count). The Morgan fingerprint density at radius 2 is 2.50 bits per heavy atom. The Morgan fingerprint density at radius 3 is 3.25 bits per heavy atom. The molecule has 2 aromatic rings. The Bertz CT molecular complexity index is 411. The van der Waals surface area contributed by atoms with Gasteiger partial charge in [-0.05, 0) is 11.4 Å². The van der Waals surface area contributed by atoms with Crippen LogP contribution in [0.2, 0.25) is 0 Å². The van der Waals surface area contributed by atoms with Crippen LogP contribution in [0, 0.1) is 0 Å². The van der Waals surface area contributed by atoms with Gasteiger partial charge in [0.2, 0.25) is 0 Å².